The molecule has 3 aromatic rings. The van der Waals surface area contributed by atoms with Crippen LogP contribution in [0.5, 0.6) is 0 Å². The van der Waals surface area contributed by atoms with Gasteiger partial charge in [0.15, 0.2) is 0 Å². The van der Waals surface area contributed by atoms with Crippen LogP contribution in [0.3, 0.4) is 0 Å². The molecule has 0 N–H and O–H groups in total. The van der Waals surface area contributed by atoms with Gasteiger partial charge in [0.1, 0.15) is 5.82 Å². The molecule has 1 atom stereocenters. The predicted octanol–water partition coefficient (Wildman–Crippen LogP) is 3.97. The molecule has 1 amide bonds. The van der Waals surface area contributed by atoms with Gasteiger partial charge in [0.25, 0.3) is 0 Å². The summed E-state index contributed by atoms with van der Waals surface area (Å²) in [6.45, 7) is 6.42. The molecule has 4 rings (SSSR count). The SMILES string of the molecule is Cc1cnc(C2CN(C(=O)C(C)c3ccccc3)C2)n1Cc1ccccc1. The number of aryl methyl sites for hydroxylation is 1. The Bertz CT molecular complexity index is 911. The standard InChI is InChI=1S/C23H25N3O/c1-17-13-24-22(26(17)14-19-9-5-3-6-10-19)21-15-25(16-21)23(27)18(2)20-11-7-4-8-12-20/h3-13,18,21H,14-16H2,1-2H3. The van der Waals surface area contributed by atoms with Crippen LogP contribution in [0.15, 0.2) is 66.9 Å². The fourth-order valence-corrected chi connectivity index (χ4v) is 3.76. The number of benzene rings is 2. The van der Waals surface area contributed by atoms with Gasteiger partial charge in [0, 0.05) is 31.5 Å². The monoisotopic (exact) mass is 359 g/mol. The molecule has 2 aromatic carbocycles. The number of hydrogen-bond acceptors (Lipinski definition) is 2. The zero-order chi connectivity index (χ0) is 18.8. The normalized spacial score (nSPS) is 15.4. The van der Waals surface area contributed by atoms with Crippen LogP contribution in [0, 0.1) is 6.92 Å². The molecule has 0 spiro atoms. The van der Waals surface area contributed by atoms with Crippen molar-refractivity contribution in [2.75, 3.05) is 13.1 Å². The van der Waals surface area contributed by atoms with Crippen molar-refractivity contribution in [3.8, 4) is 0 Å². The number of amides is 1. The molecule has 0 radical (unpaired) electrons. The maximum absolute atomic E-state index is 12.8. The Labute approximate surface area is 160 Å². The topological polar surface area (TPSA) is 38.1 Å². The molecule has 27 heavy (non-hydrogen) atoms. The first-order chi connectivity index (χ1) is 13.1. The molecule has 2 heterocycles. The van der Waals surface area contributed by atoms with Crippen LogP contribution in [-0.4, -0.2) is 33.4 Å². The molecule has 1 aliphatic heterocycles. The number of imidazole rings is 1. The van der Waals surface area contributed by atoms with Gasteiger partial charge in [-0.25, -0.2) is 4.98 Å². The highest BCUT2D eigenvalue weighted by Crippen LogP contribution is 2.30. The predicted molar refractivity (Wildman–Crippen MR) is 107 cm³/mol. The van der Waals surface area contributed by atoms with E-state index in [9.17, 15) is 4.79 Å². The van der Waals surface area contributed by atoms with Gasteiger partial charge in [-0.2, -0.15) is 0 Å². The lowest BCUT2D eigenvalue weighted by Gasteiger charge is -2.40. The van der Waals surface area contributed by atoms with Crippen molar-refractivity contribution in [2.24, 2.45) is 0 Å². The summed E-state index contributed by atoms with van der Waals surface area (Å²) >= 11 is 0. The van der Waals surface area contributed by atoms with Crippen molar-refractivity contribution in [2.45, 2.75) is 32.2 Å². The van der Waals surface area contributed by atoms with Gasteiger partial charge in [-0.15, -0.1) is 0 Å². The summed E-state index contributed by atoms with van der Waals surface area (Å²) in [5.74, 6) is 1.51. The van der Waals surface area contributed by atoms with Crippen LogP contribution in [0.4, 0.5) is 0 Å². The molecule has 1 unspecified atom stereocenters. The quantitative estimate of drug-likeness (QED) is 0.691. The third-order valence-electron chi connectivity index (χ3n) is 5.50. The van der Waals surface area contributed by atoms with Gasteiger partial charge in [-0.3, -0.25) is 4.79 Å². The number of hydrogen-bond donors (Lipinski definition) is 0. The summed E-state index contributed by atoms with van der Waals surface area (Å²) in [5, 5.41) is 0. The van der Waals surface area contributed by atoms with E-state index < -0.39 is 0 Å². The maximum atomic E-state index is 12.8. The minimum atomic E-state index is -0.0991. The van der Waals surface area contributed by atoms with E-state index in [1.165, 1.54) is 5.56 Å². The van der Waals surface area contributed by atoms with Crippen LogP contribution < -0.4 is 0 Å². The van der Waals surface area contributed by atoms with E-state index in [4.69, 9.17) is 0 Å². The van der Waals surface area contributed by atoms with Crippen LogP contribution in [-0.2, 0) is 11.3 Å². The van der Waals surface area contributed by atoms with E-state index in [-0.39, 0.29) is 11.8 Å². The molecule has 1 fully saturated rings. The number of likely N-dealkylation sites (tertiary alicyclic amines) is 1. The van der Waals surface area contributed by atoms with Crippen molar-refractivity contribution >= 4 is 5.91 Å². The second-order valence-corrected chi connectivity index (χ2v) is 7.40. The summed E-state index contributed by atoms with van der Waals surface area (Å²) in [6.07, 6.45) is 1.94. The van der Waals surface area contributed by atoms with E-state index in [1.807, 2.05) is 54.4 Å². The van der Waals surface area contributed by atoms with Crippen LogP contribution >= 0.6 is 0 Å². The van der Waals surface area contributed by atoms with Gasteiger partial charge in [-0.1, -0.05) is 60.7 Å². The fraction of sp³-hybridized carbons (Fsp3) is 0.304. The lowest BCUT2D eigenvalue weighted by molar-refractivity contribution is -0.137. The second-order valence-electron chi connectivity index (χ2n) is 7.40. The highest BCUT2D eigenvalue weighted by atomic mass is 16.2. The minimum Gasteiger partial charge on any atom is -0.341 e. The first-order valence-electron chi connectivity index (χ1n) is 9.53. The molecule has 0 saturated carbocycles. The molecule has 0 bridgehead atoms. The molecule has 0 aliphatic carbocycles. The molecular formula is C23H25N3O. The number of nitrogens with zero attached hydrogens (tertiary/aromatic N) is 3. The Morgan fingerprint density at radius 1 is 1.07 bits per heavy atom. The molecule has 1 aromatic heterocycles. The Hall–Kier alpha value is -2.88. The zero-order valence-electron chi connectivity index (χ0n) is 15.9. The molecular weight excluding hydrogens is 334 g/mol. The first-order valence-corrected chi connectivity index (χ1v) is 9.53. The summed E-state index contributed by atoms with van der Waals surface area (Å²) in [4.78, 5) is 19.4. The van der Waals surface area contributed by atoms with Gasteiger partial charge in [0.2, 0.25) is 5.91 Å². The summed E-state index contributed by atoms with van der Waals surface area (Å²) in [6, 6.07) is 20.5. The first kappa shape index (κ1) is 17.5. The number of carbonyl (C=O) groups excluding carboxylic acids is 1. The van der Waals surface area contributed by atoms with E-state index in [0.717, 1.165) is 36.7 Å². The third kappa shape index (κ3) is 3.52. The molecule has 1 aliphatic rings. The summed E-state index contributed by atoms with van der Waals surface area (Å²) in [7, 11) is 0. The van der Waals surface area contributed by atoms with Crippen LogP contribution in [0.25, 0.3) is 0 Å². The Balaban J connectivity index is 1.43. The molecule has 138 valence electrons. The van der Waals surface area contributed by atoms with Crippen LogP contribution in [0.1, 0.15) is 41.4 Å². The Morgan fingerprint density at radius 2 is 1.70 bits per heavy atom. The van der Waals surface area contributed by atoms with Crippen molar-refractivity contribution < 1.29 is 4.79 Å². The van der Waals surface area contributed by atoms with Crippen molar-refractivity contribution in [3.63, 3.8) is 0 Å². The average molecular weight is 359 g/mol. The minimum absolute atomic E-state index is 0.0991. The summed E-state index contributed by atoms with van der Waals surface area (Å²) < 4.78 is 2.28. The van der Waals surface area contributed by atoms with Crippen molar-refractivity contribution in [3.05, 3.63) is 89.5 Å². The van der Waals surface area contributed by atoms with Gasteiger partial charge >= 0.3 is 0 Å². The average Bonchev–Trinajstić information content (AvgIpc) is 3.02. The highest BCUT2D eigenvalue weighted by molar-refractivity contribution is 5.84. The Kier molecular flexibility index (Phi) is 4.80. The molecule has 1 saturated heterocycles. The second kappa shape index (κ2) is 7.39. The van der Waals surface area contributed by atoms with Crippen molar-refractivity contribution in [1.29, 1.82) is 0 Å². The third-order valence-corrected chi connectivity index (χ3v) is 5.50. The van der Waals surface area contributed by atoms with E-state index in [0.29, 0.717) is 5.92 Å². The molecule has 4 nitrogen and oxygen atoms in total. The smallest absolute Gasteiger partial charge is 0.229 e. The number of aromatic nitrogens is 2. The lowest BCUT2D eigenvalue weighted by Crippen LogP contribution is -2.50. The van der Waals surface area contributed by atoms with Gasteiger partial charge < -0.3 is 9.47 Å². The fourth-order valence-electron chi connectivity index (χ4n) is 3.76. The van der Waals surface area contributed by atoms with E-state index in [1.54, 1.807) is 0 Å². The maximum Gasteiger partial charge on any atom is 0.229 e. The van der Waals surface area contributed by atoms with E-state index in [2.05, 4.69) is 40.7 Å². The Morgan fingerprint density at radius 3 is 2.37 bits per heavy atom. The lowest BCUT2D eigenvalue weighted by atomic mass is 9.93. The largest absolute Gasteiger partial charge is 0.341 e. The van der Waals surface area contributed by atoms with E-state index >= 15 is 0 Å². The van der Waals surface area contributed by atoms with Crippen molar-refractivity contribution in [1.82, 2.24) is 14.5 Å². The number of rotatable bonds is 5. The molecule has 4 heteroatoms. The van der Waals surface area contributed by atoms with Gasteiger partial charge in [0.05, 0.1) is 11.8 Å². The van der Waals surface area contributed by atoms with Crippen LogP contribution in [0.2, 0.25) is 0 Å². The van der Waals surface area contributed by atoms with Gasteiger partial charge in [-0.05, 0) is 25.0 Å². The number of carbonyl (C=O) groups is 1. The summed E-state index contributed by atoms with van der Waals surface area (Å²) in [5.41, 5.74) is 3.51. The highest BCUT2D eigenvalue weighted by Gasteiger charge is 2.36. The zero-order valence-corrected chi connectivity index (χ0v) is 15.9.